The lowest BCUT2D eigenvalue weighted by molar-refractivity contribution is -0.147. The third-order valence-corrected chi connectivity index (χ3v) is 4.04. The quantitative estimate of drug-likeness (QED) is 0.765. The number of rotatable bonds is 5. The highest BCUT2D eigenvalue weighted by Gasteiger charge is 2.35. The van der Waals surface area contributed by atoms with Crippen LogP contribution < -0.4 is 0 Å². The van der Waals surface area contributed by atoms with Crippen molar-refractivity contribution < 1.29 is 14.3 Å². The molecule has 19 heavy (non-hydrogen) atoms. The Balaban J connectivity index is 1.90. The van der Waals surface area contributed by atoms with E-state index in [1.807, 2.05) is 13.0 Å². The zero-order chi connectivity index (χ0) is 13.7. The van der Waals surface area contributed by atoms with Gasteiger partial charge in [0, 0.05) is 12.5 Å². The van der Waals surface area contributed by atoms with Gasteiger partial charge in [-0.25, -0.2) is 0 Å². The molecule has 0 bridgehead atoms. The molecular formula is C16H22O3. The van der Waals surface area contributed by atoms with Crippen LogP contribution in [0, 0.1) is 11.8 Å². The average Bonchev–Trinajstić information content (AvgIpc) is 2.93. The van der Waals surface area contributed by atoms with Crippen molar-refractivity contribution in [3.05, 3.63) is 35.9 Å². The van der Waals surface area contributed by atoms with Gasteiger partial charge in [0.05, 0.1) is 19.1 Å². The third kappa shape index (κ3) is 3.57. The molecule has 0 saturated carbocycles. The van der Waals surface area contributed by atoms with E-state index in [1.54, 1.807) is 0 Å². The zero-order valence-corrected chi connectivity index (χ0v) is 11.7. The van der Waals surface area contributed by atoms with E-state index >= 15 is 0 Å². The molecule has 1 aromatic rings. The fourth-order valence-electron chi connectivity index (χ4n) is 2.85. The van der Waals surface area contributed by atoms with Gasteiger partial charge in [-0.15, -0.1) is 0 Å². The van der Waals surface area contributed by atoms with E-state index in [1.165, 1.54) is 12.7 Å². The van der Waals surface area contributed by atoms with E-state index in [4.69, 9.17) is 9.47 Å². The van der Waals surface area contributed by atoms with E-state index in [9.17, 15) is 4.79 Å². The molecule has 0 radical (unpaired) electrons. The Morgan fingerprint density at radius 1 is 1.42 bits per heavy atom. The molecule has 0 amide bonds. The number of methoxy groups -OCH3 is 1. The van der Waals surface area contributed by atoms with Gasteiger partial charge in [-0.1, -0.05) is 37.3 Å². The summed E-state index contributed by atoms with van der Waals surface area (Å²) in [5, 5.41) is 0. The standard InChI is InChI=1S/C16H22O3/c1-12(16(17)18-2)14-10-11-19-15(14)9-8-13-6-4-3-5-7-13/h3-7,12,14-15H,8-11H2,1-2H3/t12-,14+,15+/m0/s1. The Hall–Kier alpha value is -1.35. The molecule has 0 N–H and O–H groups in total. The van der Waals surface area contributed by atoms with Crippen molar-refractivity contribution in [3.8, 4) is 0 Å². The summed E-state index contributed by atoms with van der Waals surface area (Å²) in [7, 11) is 1.45. The topological polar surface area (TPSA) is 35.5 Å². The SMILES string of the molecule is COC(=O)[C@@H](C)[C@H]1CCO[C@@H]1CCc1ccccc1. The van der Waals surface area contributed by atoms with Crippen LogP contribution >= 0.6 is 0 Å². The summed E-state index contributed by atoms with van der Waals surface area (Å²) in [6, 6.07) is 10.4. The Morgan fingerprint density at radius 3 is 2.84 bits per heavy atom. The van der Waals surface area contributed by atoms with E-state index in [0.29, 0.717) is 0 Å². The van der Waals surface area contributed by atoms with Crippen LogP contribution in [0.25, 0.3) is 0 Å². The lowest BCUT2D eigenvalue weighted by atomic mass is 9.85. The minimum atomic E-state index is -0.125. The highest BCUT2D eigenvalue weighted by molar-refractivity contribution is 5.72. The van der Waals surface area contributed by atoms with Crippen molar-refractivity contribution in [2.75, 3.05) is 13.7 Å². The molecule has 0 unspecified atom stereocenters. The Morgan fingerprint density at radius 2 is 2.16 bits per heavy atom. The van der Waals surface area contributed by atoms with E-state index < -0.39 is 0 Å². The van der Waals surface area contributed by atoms with Crippen LogP contribution in [0.1, 0.15) is 25.3 Å². The normalized spacial score (nSPS) is 24.1. The molecule has 3 atom stereocenters. The highest BCUT2D eigenvalue weighted by Crippen LogP contribution is 2.31. The first-order valence-electron chi connectivity index (χ1n) is 6.95. The fourth-order valence-corrected chi connectivity index (χ4v) is 2.85. The number of carbonyl (C=O) groups is 1. The number of hydrogen-bond acceptors (Lipinski definition) is 3. The molecule has 0 aromatic heterocycles. The van der Waals surface area contributed by atoms with Crippen LogP contribution in [0.3, 0.4) is 0 Å². The lowest BCUT2D eigenvalue weighted by Crippen LogP contribution is -2.29. The number of ether oxygens (including phenoxy) is 2. The maximum atomic E-state index is 11.6. The van der Waals surface area contributed by atoms with Crippen molar-refractivity contribution in [1.29, 1.82) is 0 Å². The van der Waals surface area contributed by atoms with Gasteiger partial charge in [0.25, 0.3) is 0 Å². The summed E-state index contributed by atoms with van der Waals surface area (Å²) in [5.41, 5.74) is 1.32. The summed E-state index contributed by atoms with van der Waals surface area (Å²) in [4.78, 5) is 11.6. The molecule has 3 heteroatoms. The number of aryl methyl sites for hydroxylation is 1. The molecule has 1 saturated heterocycles. The predicted molar refractivity (Wildman–Crippen MR) is 73.8 cm³/mol. The third-order valence-electron chi connectivity index (χ3n) is 4.04. The van der Waals surface area contributed by atoms with Gasteiger partial charge in [-0.3, -0.25) is 4.79 Å². The molecule has 0 spiro atoms. The van der Waals surface area contributed by atoms with Crippen molar-refractivity contribution >= 4 is 5.97 Å². The number of carbonyl (C=O) groups excluding carboxylic acids is 1. The Kier molecular flexibility index (Phi) is 4.97. The molecule has 1 aromatic carbocycles. The van der Waals surface area contributed by atoms with E-state index in [2.05, 4.69) is 24.3 Å². The van der Waals surface area contributed by atoms with Gasteiger partial charge in [-0.2, -0.15) is 0 Å². The Bertz CT molecular complexity index is 402. The second-order valence-electron chi connectivity index (χ2n) is 5.20. The summed E-state index contributed by atoms with van der Waals surface area (Å²) in [6.07, 6.45) is 3.09. The van der Waals surface area contributed by atoms with Crippen LogP contribution in [-0.4, -0.2) is 25.8 Å². The van der Waals surface area contributed by atoms with Gasteiger partial charge < -0.3 is 9.47 Å². The predicted octanol–water partition coefficient (Wildman–Crippen LogP) is 2.83. The largest absolute Gasteiger partial charge is 0.469 e. The number of hydrogen-bond donors (Lipinski definition) is 0. The van der Waals surface area contributed by atoms with Gasteiger partial charge in [0.15, 0.2) is 0 Å². The second-order valence-corrected chi connectivity index (χ2v) is 5.20. The van der Waals surface area contributed by atoms with Crippen LogP contribution in [-0.2, 0) is 20.7 Å². The highest BCUT2D eigenvalue weighted by atomic mass is 16.5. The van der Waals surface area contributed by atoms with Gasteiger partial charge in [0.2, 0.25) is 0 Å². The molecule has 1 aliphatic rings. The first kappa shape index (κ1) is 14.1. The summed E-state index contributed by atoms with van der Waals surface area (Å²) in [6.45, 7) is 2.70. The molecular weight excluding hydrogens is 240 g/mol. The van der Waals surface area contributed by atoms with Gasteiger partial charge >= 0.3 is 5.97 Å². The summed E-state index contributed by atoms with van der Waals surface area (Å²) in [5.74, 6) is 0.0876. The molecule has 0 aliphatic carbocycles. The second kappa shape index (κ2) is 6.71. The van der Waals surface area contributed by atoms with Crippen molar-refractivity contribution in [2.45, 2.75) is 32.3 Å². The van der Waals surface area contributed by atoms with E-state index in [0.717, 1.165) is 25.9 Å². The zero-order valence-electron chi connectivity index (χ0n) is 11.7. The average molecular weight is 262 g/mol. The van der Waals surface area contributed by atoms with Crippen molar-refractivity contribution in [3.63, 3.8) is 0 Å². The number of esters is 1. The first-order valence-corrected chi connectivity index (χ1v) is 6.95. The maximum absolute atomic E-state index is 11.6. The summed E-state index contributed by atoms with van der Waals surface area (Å²) < 4.78 is 10.6. The van der Waals surface area contributed by atoms with Crippen molar-refractivity contribution in [1.82, 2.24) is 0 Å². The molecule has 1 aliphatic heterocycles. The minimum absolute atomic E-state index is 0.0757. The lowest BCUT2D eigenvalue weighted by Gasteiger charge is -2.22. The molecule has 2 rings (SSSR count). The summed E-state index contributed by atoms with van der Waals surface area (Å²) >= 11 is 0. The van der Waals surface area contributed by atoms with Gasteiger partial charge in [0.1, 0.15) is 0 Å². The maximum Gasteiger partial charge on any atom is 0.308 e. The molecule has 104 valence electrons. The smallest absolute Gasteiger partial charge is 0.308 e. The monoisotopic (exact) mass is 262 g/mol. The van der Waals surface area contributed by atoms with E-state index in [-0.39, 0.29) is 23.9 Å². The fraction of sp³-hybridized carbons (Fsp3) is 0.562. The first-order chi connectivity index (χ1) is 9.22. The van der Waals surface area contributed by atoms with Crippen LogP contribution in [0.5, 0.6) is 0 Å². The molecule has 1 fully saturated rings. The van der Waals surface area contributed by atoms with Gasteiger partial charge in [-0.05, 0) is 24.8 Å². The van der Waals surface area contributed by atoms with Crippen LogP contribution in [0.15, 0.2) is 30.3 Å². The number of benzene rings is 1. The minimum Gasteiger partial charge on any atom is -0.469 e. The van der Waals surface area contributed by atoms with Crippen molar-refractivity contribution in [2.24, 2.45) is 11.8 Å². The van der Waals surface area contributed by atoms with Crippen LogP contribution in [0.4, 0.5) is 0 Å². The van der Waals surface area contributed by atoms with Crippen LogP contribution in [0.2, 0.25) is 0 Å². The molecule has 1 heterocycles. The molecule has 3 nitrogen and oxygen atoms in total. The Labute approximate surface area is 114 Å².